The highest BCUT2D eigenvalue weighted by atomic mass is 32.1. The van der Waals surface area contributed by atoms with Gasteiger partial charge in [-0.1, -0.05) is 13.0 Å². The lowest BCUT2D eigenvalue weighted by Gasteiger charge is -2.33. The fourth-order valence-corrected chi connectivity index (χ4v) is 3.43. The van der Waals surface area contributed by atoms with E-state index < -0.39 is 5.97 Å². The van der Waals surface area contributed by atoms with Gasteiger partial charge < -0.3 is 19.1 Å². The highest BCUT2D eigenvalue weighted by Gasteiger charge is 2.33. The summed E-state index contributed by atoms with van der Waals surface area (Å²) >= 11 is 0. The zero-order valence-electron chi connectivity index (χ0n) is 15.3. The summed E-state index contributed by atoms with van der Waals surface area (Å²) in [7, 11) is 1.36. The van der Waals surface area contributed by atoms with Crippen LogP contribution in [0.15, 0.2) is 18.2 Å². The van der Waals surface area contributed by atoms with Crippen molar-refractivity contribution in [3.05, 3.63) is 29.3 Å². The van der Waals surface area contributed by atoms with Gasteiger partial charge >= 0.3 is 5.97 Å². The van der Waals surface area contributed by atoms with E-state index in [2.05, 4.69) is 6.92 Å². The first kappa shape index (κ1) is 20.6. The first-order valence-corrected chi connectivity index (χ1v) is 8.86. The molecule has 0 saturated carbocycles. The molecule has 144 valence electrons. The number of hydrogen-bond acceptors (Lipinski definition) is 5. The van der Waals surface area contributed by atoms with E-state index in [0.29, 0.717) is 37.7 Å². The second-order valence-corrected chi connectivity index (χ2v) is 6.54. The van der Waals surface area contributed by atoms with Gasteiger partial charge in [-0.05, 0) is 31.4 Å². The van der Waals surface area contributed by atoms with Gasteiger partial charge in [0.15, 0.2) is 0 Å². The van der Waals surface area contributed by atoms with E-state index in [9.17, 15) is 9.59 Å². The predicted octanol–water partition coefficient (Wildman–Crippen LogP) is 2.51. The molecule has 0 aromatic heterocycles. The number of ether oxygens (including phenoxy) is 3. The molecule has 6 nitrogen and oxygen atoms in total. The van der Waals surface area contributed by atoms with Gasteiger partial charge in [-0.15, -0.1) is 0 Å². The van der Waals surface area contributed by atoms with E-state index in [1.54, 1.807) is 12.1 Å². The molecule has 26 heavy (non-hydrogen) atoms. The lowest BCUT2D eigenvalue weighted by Crippen LogP contribution is -2.45. The highest BCUT2D eigenvalue weighted by molar-refractivity contribution is 7.59. The van der Waals surface area contributed by atoms with E-state index in [0.717, 1.165) is 24.8 Å². The minimum absolute atomic E-state index is 0. The fourth-order valence-electron chi connectivity index (χ4n) is 3.43. The summed E-state index contributed by atoms with van der Waals surface area (Å²) in [6, 6.07) is 5.31. The summed E-state index contributed by atoms with van der Waals surface area (Å²) in [5.41, 5.74) is 1.38. The number of fused-ring (bicyclic) bond motifs is 1. The van der Waals surface area contributed by atoms with Crippen LogP contribution in [0.4, 0.5) is 0 Å². The van der Waals surface area contributed by atoms with Crippen LogP contribution in [0.2, 0.25) is 0 Å². The van der Waals surface area contributed by atoms with Crippen LogP contribution in [0, 0.1) is 5.92 Å². The molecule has 2 heterocycles. The first-order chi connectivity index (χ1) is 12.1. The van der Waals surface area contributed by atoms with Gasteiger partial charge in [0.05, 0.1) is 18.7 Å². The minimum Gasteiger partial charge on any atom is -0.491 e. The van der Waals surface area contributed by atoms with Crippen molar-refractivity contribution in [3.63, 3.8) is 0 Å². The topological polar surface area (TPSA) is 65.1 Å². The van der Waals surface area contributed by atoms with Crippen molar-refractivity contribution in [1.29, 1.82) is 0 Å². The Hall–Kier alpha value is -1.73. The number of carbonyl (C=O) groups excluding carboxylic acids is 2. The standard InChI is InChI=1S/C19H25NO5.H2S/c1-3-16-12-25-17-10-14(19(22)23-2)4-5-15(17)11-20(16)18(21)13-6-8-24-9-7-13;/h4-5,10,13,16H,3,6-9,11-12H2,1-2H3;1H2/t16-;/m0./s1. The van der Waals surface area contributed by atoms with E-state index in [4.69, 9.17) is 14.2 Å². The number of methoxy groups -OCH3 is 1. The number of carbonyl (C=O) groups is 2. The van der Waals surface area contributed by atoms with Crippen molar-refractivity contribution in [3.8, 4) is 5.75 Å². The van der Waals surface area contributed by atoms with E-state index in [1.165, 1.54) is 7.11 Å². The van der Waals surface area contributed by atoms with E-state index >= 15 is 0 Å². The molecule has 3 rings (SSSR count). The van der Waals surface area contributed by atoms with Crippen molar-refractivity contribution in [1.82, 2.24) is 4.90 Å². The van der Waals surface area contributed by atoms with Crippen LogP contribution < -0.4 is 4.74 Å². The smallest absolute Gasteiger partial charge is 0.337 e. The predicted molar refractivity (Wildman–Crippen MR) is 102 cm³/mol. The Morgan fingerprint density at radius 3 is 2.65 bits per heavy atom. The quantitative estimate of drug-likeness (QED) is 0.753. The van der Waals surface area contributed by atoms with Crippen molar-refractivity contribution < 1.29 is 23.8 Å². The van der Waals surface area contributed by atoms with Gasteiger partial charge in [-0.2, -0.15) is 13.5 Å². The molecule has 1 atom stereocenters. The molecular weight excluding hydrogens is 354 g/mol. The van der Waals surface area contributed by atoms with Crippen LogP contribution in [0.25, 0.3) is 0 Å². The molecule has 0 bridgehead atoms. The maximum Gasteiger partial charge on any atom is 0.337 e. The van der Waals surface area contributed by atoms with Crippen LogP contribution in [-0.2, 0) is 20.8 Å². The lowest BCUT2D eigenvalue weighted by molar-refractivity contribution is -0.142. The molecule has 1 amide bonds. The molecule has 2 aliphatic rings. The van der Waals surface area contributed by atoms with Crippen molar-refractivity contribution in [2.75, 3.05) is 26.9 Å². The molecule has 1 saturated heterocycles. The zero-order valence-corrected chi connectivity index (χ0v) is 16.3. The Morgan fingerprint density at radius 1 is 1.27 bits per heavy atom. The molecule has 0 N–H and O–H groups in total. The molecule has 7 heteroatoms. The third-order valence-electron chi connectivity index (χ3n) is 5.03. The Morgan fingerprint density at radius 2 is 2.00 bits per heavy atom. The first-order valence-electron chi connectivity index (χ1n) is 8.86. The number of rotatable bonds is 3. The summed E-state index contributed by atoms with van der Waals surface area (Å²) in [5.74, 6) is 0.476. The van der Waals surface area contributed by atoms with Gasteiger partial charge in [0.1, 0.15) is 12.4 Å². The van der Waals surface area contributed by atoms with Crippen LogP contribution in [-0.4, -0.2) is 49.7 Å². The lowest BCUT2D eigenvalue weighted by atomic mass is 9.97. The second kappa shape index (κ2) is 9.28. The monoisotopic (exact) mass is 381 g/mol. The van der Waals surface area contributed by atoms with Crippen LogP contribution in [0.5, 0.6) is 5.75 Å². The summed E-state index contributed by atoms with van der Waals surface area (Å²) in [6.45, 7) is 4.30. The van der Waals surface area contributed by atoms with Crippen LogP contribution in [0.1, 0.15) is 42.1 Å². The second-order valence-electron chi connectivity index (χ2n) is 6.54. The van der Waals surface area contributed by atoms with Crippen molar-refractivity contribution in [2.24, 2.45) is 5.92 Å². The average Bonchev–Trinajstić information content (AvgIpc) is 2.86. The summed E-state index contributed by atoms with van der Waals surface area (Å²) in [4.78, 5) is 26.7. The average molecular weight is 381 g/mol. The Balaban J connectivity index is 0.00000243. The highest BCUT2D eigenvalue weighted by Crippen LogP contribution is 2.30. The fraction of sp³-hybridized carbons (Fsp3) is 0.579. The zero-order chi connectivity index (χ0) is 17.8. The molecule has 1 aromatic carbocycles. The van der Waals surface area contributed by atoms with Crippen LogP contribution >= 0.6 is 13.5 Å². The largest absolute Gasteiger partial charge is 0.491 e. The number of benzene rings is 1. The summed E-state index contributed by atoms with van der Waals surface area (Å²) < 4.78 is 16.1. The van der Waals surface area contributed by atoms with E-state index in [1.807, 2.05) is 11.0 Å². The molecule has 1 aromatic rings. The van der Waals surface area contributed by atoms with Crippen molar-refractivity contribution in [2.45, 2.75) is 38.8 Å². The molecule has 0 aliphatic carbocycles. The molecule has 0 radical (unpaired) electrons. The van der Waals surface area contributed by atoms with Gasteiger partial charge in [-0.3, -0.25) is 4.79 Å². The molecule has 2 aliphatic heterocycles. The summed E-state index contributed by atoms with van der Waals surface area (Å²) in [6.07, 6.45) is 2.38. The molecule has 1 fully saturated rings. The molecule has 0 unspecified atom stereocenters. The van der Waals surface area contributed by atoms with Gasteiger partial charge in [-0.25, -0.2) is 4.79 Å². The normalized spacial score (nSPS) is 20.2. The maximum atomic E-state index is 13.0. The minimum atomic E-state index is -0.391. The van der Waals surface area contributed by atoms with Gasteiger partial charge in [0, 0.05) is 31.2 Å². The Kier molecular flexibility index (Phi) is 7.34. The van der Waals surface area contributed by atoms with Gasteiger partial charge in [0.25, 0.3) is 0 Å². The maximum absolute atomic E-state index is 13.0. The number of esters is 1. The molecule has 0 spiro atoms. The van der Waals surface area contributed by atoms with E-state index in [-0.39, 0.29) is 31.4 Å². The Bertz CT molecular complexity index is 645. The van der Waals surface area contributed by atoms with Crippen LogP contribution in [0.3, 0.4) is 0 Å². The number of amides is 1. The third-order valence-corrected chi connectivity index (χ3v) is 5.03. The Labute approximate surface area is 161 Å². The molecular formula is C19H27NO5S. The number of nitrogens with zero attached hydrogens (tertiary/aromatic N) is 1. The summed E-state index contributed by atoms with van der Waals surface area (Å²) in [5, 5.41) is 0. The SMILES string of the molecule is CC[C@H]1COc2cc(C(=O)OC)ccc2CN1C(=O)C1CCOCC1.S. The third kappa shape index (κ3) is 4.32. The van der Waals surface area contributed by atoms with Gasteiger partial charge in [0.2, 0.25) is 5.91 Å². The van der Waals surface area contributed by atoms with Crippen molar-refractivity contribution >= 4 is 25.4 Å². The number of hydrogen-bond donors (Lipinski definition) is 0.